The first-order valence-electron chi connectivity index (χ1n) is 8.68. The van der Waals surface area contributed by atoms with Crippen LogP contribution in [0.2, 0.25) is 0 Å². The van der Waals surface area contributed by atoms with Gasteiger partial charge in [-0.3, -0.25) is 9.89 Å². The molecule has 0 aromatic heterocycles. The molecule has 6 heteroatoms. The summed E-state index contributed by atoms with van der Waals surface area (Å²) in [6.07, 6.45) is 2.65. The Morgan fingerprint density at radius 2 is 1.91 bits per heavy atom. The molecule has 2 aliphatic rings. The van der Waals surface area contributed by atoms with E-state index < -0.39 is 0 Å². The highest BCUT2D eigenvalue weighted by molar-refractivity contribution is 8.00. The maximum Gasteiger partial charge on any atom is 0.191 e. The van der Waals surface area contributed by atoms with E-state index in [1.807, 2.05) is 7.05 Å². The van der Waals surface area contributed by atoms with E-state index in [0.717, 1.165) is 25.6 Å². The van der Waals surface area contributed by atoms with Gasteiger partial charge in [-0.25, -0.2) is 0 Å². The van der Waals surface area contributed by atoms with Crippen LogP contribution in [-0.2, 0) is 0 Å². The normalized spacial score (nSPS) is 28.0. The van der Waals surface area contributed by atoms with Gasteiger partial charge in [0.1, 0.15) is 0 Å². The second kappa shape index (κ2) is 8.99. The van der Waals surface area contributed by atoms with E-state index in [4.69, 9.17) is 0 Å². The fourth-order valence-electron chi connectivity index (χ4n) is 3.13. The van der Waals surface area contributed by atoms with Gasteiger partial charge in [0.15, 0.2) is 5.96 Å². The average molecular weight is 328 g/mol. The Balaban J connectivity index is 1.60. The molecule has 128 valence electrons. The number of rotatable bonds is 6. The molecule has 2 rings (SSSR count). The van der Waals surface area contributed by atoms with Crippen LogP contribution in [0.4, 0.5) is 0 Å². The highest BCUT2D eigenvalue weighted by Crippen LogP contribution is 2.36. The molecule has 2 fully saturated rings. The summed E-state index contributed by atoms with van der Waals surface area (Å²) in [4.78, 5) is 9.41. The lowest BCUT2D eigenvalue weighted by Crippen LogP contribution is -2.49. The summed E-state index contributed by atoms with van der Waals surface area (Å²) in [5, 5.41) is 6.95. The molecule has 0 aromatic rings. The molecule has 1 unspecified atom stereocenters. The fourth-order valence-corrected chi connectivity index (χ4v) is 4.37. The van der Waals surface area contributed by atoms with Crippen molar-refractivity contribution in [1.82, 2.24) is 20.4 Å². The number of nitrogens with one attached hydrogen (secondary N) is 2. The van der Waals surface area contributed by atoms with Crippen molar-refractivity contribution < 1.29 is 0 Å². The summed E-state index contributed by atoms with van der Waals surface area (Å²) in [6, 6.07) is 0. The van der Waals surface area contributed by atoms with Crippen LogP contribution in [0.3, 0.4) is 0 Å². The van der Waals surface area contributed by atoms with E-state index in [2.05, 4.69) is 51.0 Å². The van der Waals surface area contributed by atoms with Crippen molar-refractivity contribution in [2.45, 2.75) is 31.4 Å². The fraction of sp³-hybridized carbons (Fsp3) is 0.938. The molecule has 22 heavy (non-hydrogen) atoms. The van der Waals surface area contributed by atoms with Crippen molar-refractivity contribution in [3.05, 3.63) is 0 Å². The number of piperazine rings is 1. The zero-order valence-electron chi connectivity index (χ0n) is 14.5. The molecule has 0 saturated carbocycles. The number of hydrogen-bond acceptors (Lipinski definition) is 4. The van der Waals surface area contributed by atoms with E-state index in [1.165, 1.54) is 51.3 Å². The Kier molecular flexibility index (Phi) is 7.31. The van der Waals surface area contributed by atoms with Gasteiger partial charge in [0.2, 0.25) is 0 Å². The van der Waals surface area contributed by atoms with Gasteiger partial charge in [0.25, 0.3) is 0 Å². The van der Waals surface area contributed by atoms with Crippen LogP contribution in [0.15, 0.2) is 4.99 Å². The Morgan fingerprint density at radius 1 is 1.18 bits per heavy atom. The third-order valence-electron chi connectivity index (χ3n) is 4.79. The van der Waals surface area contributed by atoms with Crippen molar-refractivity contribution >= 4 is 17.7 Å². The maximum absolute atomic E-state index is 4.35. The van der Waals surface area contributed by atoms with E-state index in [-0.39, 0.29) is 0 Å². The molecule has 2 aliphatic heterocycles. The number of guanidine groups is 1. The highest BCUT2D eigenvalue weighted by Gasteiger charge is 2.29. The predicted molar refractivity (Wildman–Crippen MR) is 98.0 cm³/mol. The SMILES string of the molecule is CCN1CCN(CCNC(=NC)NCC2(C)CCCS2)CC1. The Morgan fingerprint density at radius 3 is 2.50 bits per heavy atom. The molecule has 0 radical (unpaired) electrons. The molecule has 2 heterocycles. The summed E-state index contributed by atoms with van der Waals surface area (Å²) in [5.74, 6) is 2.24. The first kappa shape index (κ1) is 17.9. The van der Waals surface area contributed by atoms with Crippen LogP contribution in [0, 0.1) is 0 Å². The number of thioether (sulfide) groups is 1. The molecule has 0 bridgehead atoms. The van der Waals surface area contributed by atoms with Gasteiger partial charge in [-0.05, 0) is 32.1 Å². The lowest BCUT2D eigenvalue weighted by molar-refractivity contribution is 0.139. The average Bonchev–Trinajstić information content (AvgIpc) is 2.98. The van der Waals surface area contributed by atoms with Gasteiger partial charge in [-0.2, -0.15) is 11.8 Å². The molecular weight excluding hydrogens is 294 g/mol. The monoisotopic (exact) mass is 327 g/mol. The number of hydrogen-bond donors (Lipinski definition) is 2. The predicted octanol–water partition coefficient (Wildman–Crippen LogP) is 1.07. The zero-order valence-corrected chi connectivity index (χ0v) is 15.3. The van der Waals surface area contributed by atoms with Crippen LogP contribution in [0.25, 0.3) is 0 Å². The van der Waals surface area contributed by atoms with E-state index >= 15 is 0 Å². The summed E-state index contributed by atoms with van der Waals surface area (Å²) in [6.45, 7) is 13.7. The number of likely N-dealkylation sites (N-methyl/N-ethyl adjacent to an activating group) is 1. The van der Waals surface area contributed by atoms with E-state index in [0.29, 0.717) is 4.75 Å². The van der Waals surface area contributed by atoms with Crippen molar-refractivity contribution in [3.63, 3.8) is 0 Å². The molecule has 0 aliphatic carbocycles. The number of nitrogens with zero attached hydrogens (tertiary/aromatic N) is 3. The van der Waals surface area contributed by atoms with Crippen LogP contribution < -0.4 is 10.6 Å². The van der Waals surface area contributed by atoms with Gasteiger partial charge < -0.3 is 15.5 Å². The zero-order chi connectivity index (χ0) is 15.8. The van der Waals surface area contributed by atoms with Crippen LogP contribution in [-0.4, -0.2) is 85.7 Å². The third-order valence-corrected chi connectivity index (χ3v) is 6.32. The number of aliphatic imine (C=N–C) groups is 1. The molecule has 2 saturated heterocycles. The quantitative estimate of drug-likeness (QED) is 0.564. The first-order valence-corrected chi connectivity index (χ1v) is 9.67. The summed E-state index contributed by atoms with van der Waals surface area (Å²) >= 11 is 2.09. The summed E-state index contributed by atoms with van der Waals surface area (Å²) < 4.78 is 0.383. The van der Waals surface area contributed by atoms with Crippen LogP contribution in [0.5, 0.6) is 0 Å². The van der Waals surface area contributed by atoms with E-state index in [9.17, 15) is 0 Å². The largest absolute Gasteiger partial charge is 0.355 e. The lowest BCUT2D eigenvalue weighted by atomic mass is 10.1. The standard InChI is InChI=1S/C16H33N5S/c1-4-20-9-11-21(12-10-20)8-7-18-15(17-3)19-14-16(2)6-5-13-22-16/h4-14H2,1-3H3,(H2,17,18,19). The Bertz CT molecular complexity index is 346. The molecule has 1 atom stereocenters. The molecule has 5 nitrogen and oxygen atoms in total. The summed E-state index contributed by atoms with van der Waals surface area (Å²) in [7, 11) is 1.86. The molecule has 0 spiro atoms. The molecule has 0 amide bonds. The van der Waals surface area contributed by atoms with Crippen molar-refractivity contribution in [2.75, 3.05) is 65.2 Å². The van der Waals surface area contributed by atoms with Crippen LogP contribution >= 0.6 is 11.8 Å². The second-order valence-electron chi connectivity index (χ2n) is 6.53. The van der Waals surface area contributed by atoms with Gasteiger partial charge >= 0.3 is 0 Å². The van der Waals surface area contributed by atoms with Gasteiger partial charge in [0.05, 0.1) is 0 Å². The Labute approximate surface area is 140 Å². The molecular formula is C16H33N5S. The maximum atomic E-state index is 4.35. The minimum Gasteiger partial charge on any atom is -0.355 e. The Hall–Kier alpha value is -0.460. The smallest absolute Gasteiger partial charge is 0.191 e. The molecule has 0 aromatic carbocycles. The van der Waals surface area contributed by atoms with Gasteiger partial charge in [-0.15, -0.1) is 0 Å². The van der Waals surface area contributed by atoms with Gasteiger partial charge in [0, 0.05) is 57.6 Å². The molecule has 2 N–H and O–H groups in total. The topological polar surface area (TPSA) is 42.9 Å². The second-order valence-corrected chi connectivity index (χ2v) is 8.21. The van der Waals surface area contributed by atoms with Crippen molar-refractivity contribution in [3.8, 4) is 0 Å². The minimum atomic E-state index is 0.383. The minimum absolute atomic E-state index is 0.383. The first-order chi connectivity index (χ1) is 10.6. The third kappa shape index (κ3) is 5.63. The van der Waals surface area contributed by atoms with Crippen molar-refractivity contribution in [1.29, 1.82) is 0 Å². The highest BCUT2D eigenvalue weighted by atomic mass is 32.2. The summed E-state index contributed by atoms with van der Waals surface area (Å²) in [5.41, 5.74) is 0. The van der Waals surface area contributed by atoms with Crippen molar-refractivity contribution in [2.24, 2.45) is 4.99 Å². The lowest BCUT2D eigenvalue weighted by Gasteiger charge is -2.34. The van der Waals surface area contributed by atoms with Gasteiger partial charge in [-0.1, -0.05) is 6.92 Å². The van der Waals surface area contributed by atoms with E-state index in [1.54, 1.807) is 0 Å². The van der Waals surface area contributed by atoms with Crippen LogP contribution in [0.1, 0.15) is 26.7 Å².